The van der Waals surface area contributed by atoms with Gasteiger partial charge in [0.1, 0.15) is 5.84 Å². The van der Waals surface area contributed by atoms with Crippen molar-refractivity contribution >= 4 is 5.84 Å². The number of nitrogens with zero attached hydrogens (tertiary/aromatic N) is 2. The summed E-state index contributed by atoms with van der Waals surface area (Å²) < 4.78 is 0. The Bertz CT molecular complexity index is 321. The molecule has 1 aliphatic rings. The van der Waals surface area contributed by atoms with E-state index in [1.807, 2.05) is 0 Å². The molecule has 0 saturated carbocycles. The molecule has 0 radical (unpaired) electrons. The van der Waals surface area contributed by atoms with E-state index in [2.05, 4.69) is 35.9 Å². The van der Waals surface area contributed by atoms with Crippen molar-refractivity contribution in [3.8, 4) is 0 Å². The van der Waals surface area contributed by atoms with Crippen LogP contribution in [0.15, 0.2) is 17.1 Å². The van der Waals surface area contributed by atoms with Crippen molar-refractivity contribution in [2.75, 3.05) is 13.1 Å². The molecule has 3 nitrogen and oxygen atoms in total. The normalized spacial score (nSPS) is 16.5. The SMILES string of the molecule is CCC/C=C/CCCCCCCCCC1=NCCN1C(C)N. The Labute approximate surface area is 138 Å². The van der Waals surface area contributed by atoms with Crippen molar-refractivity contribution in [2.24, 2.45) is 10.7 Å². The van der Waals surface area contributed by atoms with E-state index >= 15 is 0 Å². The fraction of sp³-hybridized carbons (Fsp3) is 0.842. The minimum absolute atomic E-state index is 0.118. The van der Waals surface area contributed by atoms with Gasteiger partial charge in [-0.3, -0.25) is 4.99 Å². The average molecular weight is 308 g/mol. The highest BCUT2D eigenvalue weighted by Gasteiger charge is 2.18. The third-order valence-corrected chi connectivity index (χ3v) is 4.35. The molecule has 1 unspecified atom stereocenters. The quantitative estimate of drug-likeness (QED) is 0.389. The lowest BCUT2D eigenvalue weighted by molar-refractivity contribution is 0.358. The molecule has 0 fully saturated rings. The summed E-state index contributed by atoms with van der Waals surface area (Å²) in [5, 5.41) is 0. The van der Waals surface area contributed by atoms with Crippen LogP contribution in [0.4, 0.5) is 0 Å². The number of hydrogen-bond acceptors (Lipinski definition) is 3. The Balaban J connectivity index is 1.88. The van der Waals surface area contributed by atoms with Gasteiger partial charge in [0.2, 0.25) is 0 Å². The van der Waals surface area contributed by atoms with Crippen molar-refractivity contribution in [3.63, 3.8) is 0 Å². The molecule has 128 valence electrons. The van der Waals surface area contributed by atoms with E-state index in [-0.39, 0.29) is 6.17 Å². The summed E-state index contributed by atoms with van der Waals surface area (Å²) in [6.45, 7) is 6.24. The number of amidine groups is 1. The van der Waals surface area contributed by atoms with Gasteiger partial charge in [-0.2, -0.15) is 0 Å². The first kappa shape index (κ1) is 19.2. The predicted molar refractivity (Wildman–Crippen MR) is 98.3 cm³/mol. The molecule has 0 bridgehead atoms. The molecule has 0 amide bonds. The molecule has 0 aromatic rings. The molecular formula is C19H37N3. The maximum absolute atomic E-state index is 5.97. The van der Waals surface area contributed by atoms with Crippen LogP contribution >= 0.6 is 0 Å². The summed E-state index contributed by atoms with van der Waals surface area (Å²) in [6, 6.07) is 0. The number of nitrogens with two attached hydrogens (primary N) is 1. The zero-order valence-electron chi connectivity index (χ0n) is 14.9. The van der Waals surface area contributed by atoms with Crippen LogP contribution in [0.25, 0.3) is 0 Å². The minimum Gasteiger partial charge on any atom is -0.343 e. The van der Waals surface area contributed by atoms with Gasteiger partial charge in [-0.05, 0) is 32.6 Å². The van der Waals surface area contributed by atoms with E-state index in [1.165, 1.54) is 70.0 Å². The van der Waals surface area contributed by atoms with Crippen molar-refractivity contribution in [1.82, 2.24) is 4.90 Å². The number of unbranched alkanes of at least 4 members (excludes halogenated alkanes) is 8. The van der Waals surface area contributed by atoms with Gasteiger partial charge in [0.25, 0.3) is 0 Å². The molecule has 2 N–H and O–H groups in total. The van der Waals surface area contributed by atoms with Gasteiger partial charge >= 0.3 is 0 Å². The van der Waals surface area contributed by atoms with E-state index in [0.29, 0.717) is 0 Å². The first-order chi connectivity index (χ1) is 10.8. The summed E-state index contributed by atoms with van der Waals surface area (Å²) in [7, 11) is 0. The number of rotatable bonds is 13. The van der Waals surface area contributed by atoms with Crippen LogP contribution in [0.5, 0.6) is 0 Å². The molecule has 0 saturated heterocycles. The van der Waals surface area contributed by atoms with E-state index in [0.717, 1.165) is 19.5 Å². The second-order valence-corrected chi connectivity index (χ2v) is 6.51. The fourth-order valence-electron chi connectivity index (χ4n) is 3.00. The lowest BCUT2D eigenvalue weighted by Gasteiger charge is -2.24. The Kier molecular flexibility index (Phi) is 11.1. The highest BCUT2D eigenvalue weighted by molar-refractivity contribution is 5.83. The number of aliphatic imine (C=N–C) groups is 1. The smallest absolute Gasteiger partial charge is 0.100 e. The number of hydrogen-bond donors (Lipinski definition) is 1. The molecule has 0 spiro atoms. The molecule has 22 heavy (non-hydrogen) atoms. The van der Waals surface area contributed by atoms with E-state index in [9.17, 15) is 0 Å². The highest BCUT2D eigenvalue weighted by Crippen LogP contribution is 2.14. The predicted octanol–water partition coefficient (Wildman–Crippen LogP) is 4.87. The third kappa shape index (κ3) is 8.57. The van der Waals surface area contributed by atoms with Gasteiger partial charge in [-0.1, -0.05) is 57.6 Å². The van der Waals surface area contributed by atoms with Crippen molar-refractivity contribution < 1.29 is 0 Å². The van der Waals surface area contributed by atoms with Crippen molar-refractivity contribution in [2.45, 2.75) is 90.6 Å². The summed E-state index contributed by atoms with van der Waals surface area (Å²) in [5.74, 6) is 1.24. The van der Waals surface area contributed by atoms with Crippen LogP contribution in [-0.4, -0.2) is 30.0 Å². The highest BCUT2D eigenvalue weighted by atomic mass is 15.3. The standard InChI is InChI=1S/C19H37N3/c1-3-4-5-6-7-8-9-10-11-12-13-14-15-19-21-16-17-22(19)18(2)20/h5-6,18H,3-4,7-17,20H2,1-2H3/b6-5+. The van der Waals surface area contributed by atoms with Crippen molar-refractivity contribution in [3.05, 3.63) is 12.2 Å². The monoisotopic (exact) mass is 307 g/mol. The Morgan fingerprint density at radius 3 is 2.36 bits per heavy atom. The molecular weight excluding hydrogens is 270 g/mol. The molecule has 0 aliphatic carbocycles. The molecule has 1 aliphatic heterocycles. The van der Waals surface area contributed by atoms with Crippen LogP contribution in [0.1, 0.15) is 84.5 Å². The van der Waals surface area contributed by atoms with E-state index < -0.39 is 0 Å². The summed E-state index contributed by atoms with van der Waals surface area (Å²) >= 11 is 0. The number of allylic oxidation sites excluding steroid dienone is 2. The first-order valence-electron chi connectivity index (χ1n) is 9.46. The van der Waals surface area contributed by atoms with Crippen LogP contribution in [0.2, 0.25) is 0 Å². The average Bonchev–Trinajstić information content (AvgIpc) is 2.97. The van der Waals surface area contributed by atoms with E-state index in [1.54, 1.807) is 0 Å². The van der Waals surface area contributed by atoms with Crippen LogP contribution in [-0.2, 0) is 0 Å². The summed E-state index contributed by atoms with van der Waals surface area (Å²) in [6.07, 6.45) is 19.2. The molecule has 3 heteroatoms. The van der Waals surface area contributed by atoms with Gasteiger partial charge in [0, 0.05) is 13.0 Å². The third-order valence-electron chi connectivity index (χ3n) is 4.35. The zero-order chi connectivity index (χ0) is 16.0. The molecule has 1 rings (SSSR count). The Morgan fingerprint density at radius 2 is 1.68 bits per heavy atom. The van der Waals surface area contributed by atoms with Crippen molar-refractivity contribution in [1.29, 1.82) is 0 Å². The Morgan fingerprint density at radius 1 is 1.05 bits per heavy atom. The van der Waals surface area contributed by atoms with Gasteiger partial charge in [0.05, 0.1) is 12.7 Å². The lowest BCUT2D eigenvalue weighted by atomic mass is 10.1. The maximum Gasteiger partial charge on any atom is 0.100 e. The topological polar surface area (TPSA) is 41.6 Å². The fourth-order valence-corrected chi connectivity index (χ4v) is 3.00. The second kappa shape index (κ2) is 12.7. The van der Waals surface area contributed by atoms with Crippen LogP contribution in [0.3, 0.4) is 0 Å². The lowest BCUT2D eigenvalue weighted by Crippen LogP contribution is -2.41. The largest absolute Gasteiger partial charge is 0.343 e. The summed E-state index contributed by atoms with van der Waals surface area (Å²) in [5.41, 5.74) is 5.97. The van der Waals surface area contributed by atoms with Crippen LogP contribution in [0, 0.1) is 0 Å². The molecule has 1 heterocycles. The van der Waals surface area contributed by atoms with E-state index in [4.69, 9.17) is 5.73 Å². The molecule has 0 aromatic heterocycles. The zero-order valence-corrected chi connectivity index (χ0v) is 14.9. The second-order valence-electron chi connectivity index (χ2n) is 6.51. The van der Waals surface area contributed by atoms with Gasteiger partial charge in [-0.15, -0.1) is 0 Å². The van der Waals surface area contributed by atoms with Gasteiger partial charge < -0.3 is 10.6 Å². The summed E-state index contributed by atoms with van der Waals surface area (Å²) in [4.78, 5) is 6.84. The minimum atomic E-state index is 0.118. The first-order valence-corrected chi connectivity index (χ1v) is 9.46. The van der Waals surface area contributed by atoms with Gasteiger partial charge in [-0.25, -0.2) is 0 Å². The molecule has 1 atom stereocenters. The van der Waals surface area contributed by atoms with Crippen LogP contribution < -0.4 is 5.73 Å². The molecule has 0 aromatic carbocycles. The van der Waals surface area contributed by atoms with Gasteiger partial charge in [0.15, 0.2) is 0 Å². The maximum atomic E-state index is 5.97. The Hall–Kier alpha value is -0.830.